The van der Waals surface area contributed by atoms with Gasteiger partial charge in [-0.15, -0.1) is 0 Å². The van der Waals surface area contributed by atoms with Crippen LogP contribution in [0.1, 0.15) is 5.56 Å². The van der Waals surface area contributed by atoms with Crippen molar-refractivity contribution in [2.24, 2.45) is 0 Å². The number of aromatic nitrogens is 2. The molecule has 0 aliphatic heterocycles. The molecule has 2 aromatic rings. The lowest BCUT2D eigenvalue weighted by molar-refractivity contribution is -0.0512. The first-order chi connectivity index (χ1) is 10.1. The van der Waals surface area contributed by atoms with E-state index in [9.17, 15) is 13.6 Å². The first-order valence-corrected chi connectivity index (χ1v) is 5.67. The zero-order chi connectivity index (χ0) is 15.4. The van der Waals surface area contributed by atoms with Crippen LogP contribution in [-0.2, 0) is 0 Å². The van der Waals surface area contributed by atoms with E-state index in [1.165, 1.54) is 25.3 Å². The fourth-order valence-corrected chi connectivity index (χ4v) is 1.73. The van der Waals surface area contributed by atoms with Crippen molar-refractivity contribution in [3.05, 3.63) is 40.4 Å². The minimum absolute atomic E-state index is 0.0405. The maximum atomic E-state index is 12.3. The van der Waals surface area contributed by atoms with Crippen LogP contribution in [0.25, 0.3) is 11.3 Å². The molecule has 0 aliphatic rings. The van der Waals surface area contributed by atoms with Crippen molar-refractivity contribution in [2.45, 2.75) is 6.61 Å². The molecule has 6 nitrogen and oxygen atoms in total. The van der Waals surface area contributed by atoms with Gasteiger partial charge < -0.3 is 14.5 Å². The average Bonchev–Trinajstić information content (AvgIpc) is 2.47. The summed E-state index contributed by atoms with van der Waals surface area (Å²) in [7, 11) is 1.29. The van der Waals surface area contributed by atoms with Gasteiger partial charge in [-0.3, -0.25) is 4.79 Å². The molecule has 1 aromatic carbocycles. The van der Waals surface area contributed by atoms with Crippen LogP contribution in [0, 0.1) is 11.3 Å². The minimum Gasteiger partial charge on any atom is -0.493 e. The van der Waals surface area contributed by atoms with Gasteiger partial charge in [-0.2, -0.15) is 14.0 Å². The second-order valence-corrected chi connectivity index (χ2v) is 3.81. The van der Waals surface area contributed by atoms with Crippen molar-refractivity contribution in [3.63, 3.8) is 0 Å². The molecular formula is C13H9F2N3O3. The monoisotopic (exact) mass is 293 g/mol. The number of hydrogen-bond donors (Lipinski definition) is 1. The summed E-state index contributed by atoms with van der Waals surface area (Å²) >= 11 is 0. The second-order valence-electron chi connectivity index (χ2n) is 3.81. The van der Waals surface area contributed by atoms with E-state index in [2.05, 4.69) is 14.7 Å². The molecule has 0 saturated carbocycles. The summed E-state index contributed by atoms with van der Waals surface area (Å²) in [5.74, 6) is -0.113. The van der Waals surface area contributed by atoms with Crippen LogP contribution >= 0.6 is 0 Å². The Morgan fingerprint density at radius 3 is 2.76 bits per heavy atom. The Kier molecular flexibility index (Phi) is 4.13. The number of ether oxygens (including phenoxy) is 2. The topological polar surface area (TPSA) is 88.0 Å². The third-order valence-corrected chi connectivity index (χ3v) is 2.62. The Morgan fingerprint density at radius 2 is 2.14 bits per heavy atom. The summed E-state index contributed by atoms with van der Waals surface area (Å²) < 4.78 is 33.8. The fourth-order valence-electron chi connectivity index (χ4n) is 1.73. The quantitative estimate of drug-likeness (QED) is 0.930. The minimum atomic E-state index is -2.99. The number of aromatic amines is 1. The number of hydrogen-bond acceptors (Lipinski definition) is 5. The predicted octanol–water partition coefficient (Wildman–Crippen LogP) is 1.92. The Hall–Kier alpha value is -2.95. The average molecular weight is 293 g/mol. The first kappa shape index (κ1) is 14.5. The number of benzene rings is 1. The SMILES string of the molecule is COc1cc(-c2nc[nH]c(=O)c2C#N)ccc1OC(F)F. The van der Waals surface area contributed by atoms with Gasteiger partial charge in [0.1, 0.15) is 11.6 Å². The number of rotatable bonds is 4. The zero-order valence-electron chi connectivity index (χ0n) is 10.8. The van der Waals surface area contributed by atoms with Crippen molar-refractivity contribution in [1.82, 2.24) is 9.97 Å². The Morgan fingerprint density at radius 1 is 1.38 bits per heavy atom. The van der Waals surface area contributed by atoms with Gasteiger partial charge in [0.05, 0.1) is 19.1 Å². The predicted molar refractivity (Wildman–Crippen MR) is 68.2 cm³/mol. The molecule has 0 bridgehead atoms. The van der Waals surface area contributed by atoms with E-state index in [0.29, 0.717) is 5.56 Å². The zero-order valence-corrected chi connectivity index (χ0v) is 10.8. The Bertz CT molecular complexity index is 753. The number of nitrogens with zero attached hydrogens (tertiary/aromatic N) is 2. The molecule has 1 heterocycles. The third-order valence-electron chi connectivity index (χ3n) is 2.62. The van der Waals surface area contributed by atoms with Crippen molar-refractivity contribution >= 4 is 0 Å². The molecule has 1 N–H and O–H groups in total. The largest absolute Gasteiger partial charge is 0.493 e. The van der Waals surface area contributed by atoms with Gasteiger partial charge in [-0.25, -0.2) is 4.98 Å². The van der Waals surface area contributed by atoms with E-state index >= 15 is 0 Å². The molecule has 0 amide bonds. The number of methoxy groups -OCH3 is 1. The first-order valence-electron chi connectivity index (χ1n) is 5.67. The maximum Gasteiger partial charge on any atom is 0.387 e. The summed E-state index contributed by atoms with van der Waals surface area (Å²) in [5.41, 5.74) is -0.268. The van der Waals surface area contributed by atoms with E-state index in [1.807, 2.05) is 0 Å². The van der Waals surface area contributed by atoms with Gasteiger partial charge in [0.15, 0.2) is 11.5 Å². The number of nitriles is 1. The van der Waals surface area contributed by atoms with Crippen molar-refractivity contribution in [3.8, 4) is 28.8 Å². The molecule has 108 valence electrons. The summed E-state index contributed by atoms with van der Waals surface area (Å²) in [4.78, 5) is 17.7. The number of halogens is 2. The normalized spacial score (nSPS) is 10.2. The molecule has 21 heavy (non-hydrogen) atoms. The van der Waals surface area contributed by atoms with E-state index in [-0.39, 0.29) is 22.8 Å². The molecule has 0 fully saturated rings. The number of H-pyrrole nitrogens is 1. The van der Waals surface area contributed by atoms with Gasteiger partial charge >= 0.3 is 6.61 Å². The highest BCUT2D eigenvalue weighted by molar-refractivity contribution is 5.68. The molecule has 2 rings (SSSR count). The highest BCUT2D eigenvalue weighted by atomic mass is 19.3. The number of nitrogens with one attached hydrogen (secondary N) is 1. The summed E-state index contributed by atoms with van der Waals surface area (Å²) in [6.07, 6.45) is 1.15. The molecule has 0 unspecified atom stereocenters. The molecule has 8 heteroatoms. The maximum absolute atomic E-state index is 12.3. The molecule has 1 aromatic heterocycles. The Balaban J connectivity index is 2.54. The number of alkyl halides is 2. The standard InChI is InChI=1S/C13H9F2N3O3/c1-20-10-4-7(2-3-9(10)21-13(14)15)11-8(5-16)12(19)18-6-17-11/h2-4,6,13H,1H3,(H,17,18,19). The molecule has 0 radical (unpaired) electrons. The molecular weight excluding hydrogens is 284 g/mol. The van der Waals surface area contributed by atoms with Crippen molar-refractivity contribution < 1.29 is 18.3 Å². The van der Waals surface area contributed by atoms with Crippen LogP contribution in [0.5, 0.6) is 11.5 Å². The molecule has 0 aliphatic carbocycles. The van der Waals surface area contributed by atoms with Crippen molar-refractivity contribution in [1.29, 1.82) is 5.26 Å². The Labute approximate surface area is 117 Å². The van der Waals surface area contributed by atoms with E-state index in [4.69, 9.17) is 10.00 Å². The van der Waals surface area contributed by atoms with E-state index in [1.54, 1.807) is 6.07 Å². The van der Waals surface area contributed by atoms with Crippen LogP contribution in [-0.4, -0.2) is 23.7 Å². The van der Waals surface area contributed by atoms with E-state index in [0.717, 1.165) is 6.33 Å². The third kappa shape index (κ3) is 2.97. The van der Waals surface area contributed by atoms with Crippen molar-refractivity contribution in [2.75, 3.05) is 7.11 Å². The molecule has 0 atom stereocenters. The lowest BCUT2D eigenvalue weighted by atomic mass is 10.1. The molecule has 0 spiro atoms. The van der Waals surface area contributed by atoms with Gasteiger partial charge in [-0.05, 0) is 18.2 Å². The van der Waals surface area contributed by atoms with Gasteiger partial charge in [-0.1, -0.05) is 0 Å². The van der Waals surface area contributed by atoms with Crippen LogP contribution in [0.15, 0.2) is 29.3 Å². The summed E-state index contributed by atoms with van der Waals surface area (Å²) in [6, 6.07) is 5.77. The van der Waals surface area contributed by atoms with Gasteiger partial charge in [0.2, 0.25) is 0 Å². The van der Waals surface area contributed by atoms with Crippen LogP contribution in [0.3, 0.4) is 0 Å². The fraction of sp³-hybridized carbons (Fsp3) is 0.154. The highest BCUT2D eigenvalue weighted by Gasteiger charge is 2.15. The van der Waals surface area contributed by atoms with Crippen LogP contribution < -0.4 is 15.0 Å². The van der Waals surface area contributed by atoms with Gasteiger partial charge in [0.25, 0.3) is 5.56 Å². The molecule has 0 saturated heterocycles. The lowest BCUT2D eigenvalue weighted by Crippen LogP contribution is -2.12. The van der Waals surface area contributed by atoms with E-state index < -0.39 is 12.2 Å². The summed E-state index contributed by atoms with van der Waals surface area (Å²) in [5, 5.41) is 9.00. The highest BCUT2D eigenvalue weighted by Crippen LogP contribution is 2.33. The van der Waals surface area contributed by atoms with Crippen LogP contribution in [0.2, 0.25) is 0 Å². The second kappa shape index (κ2) is 6.00. The smallest absolute Gasteiger partial charge is 0.387 e. The van der Waals surface area contributed by atoms with Crippen LogP contribution in [0.4, 0.5) is 8.78 Å². The lowest BCUT2D eigenvalue weighted by Gasteiger charge is -2.11. The summed E-state index contributed by atoms with van der Waals surface area (Å²) in [6.45, 7) is -2.99. The van der Waals surface area contributed by atoms with Gasteiger partial charge in [0, 0.05) is 5.56 Å².